The van der Waals surface area contributed by atoms with Gasteiger partial charge in [0, 0.05) is 6.04 Å². The summed E-state index contributed by atoms with van der Waals surface area (Å²) < 4.78 is 5.58. The number of benzene rings is 1. The van der Waals surface area contributed by atoms with Crippen LogP contribution < -0.4 is 15.4 Å². The number of amides is 1. The molecule has 1 aromatic rings. The number of fused-ring (bicyclic) bond motifs is 1. The number of carboxylic acids is 1. The van der Waals surface area contributed by atoms with Gasteiger partial charge in [0.15, 0.2) is 6.10 Å². The molecule has 1 amide bonds. The van der Waals surface area contributed by atoms with Crippen molar-refractivity contribution in [2.75, 3.05) is 11.9 Å². The number of carbonyl (C=O) groups is 2. The average molecular weight is 264 g/mol. The fraction of sp³-hybridized carbons (Fsp3) is 0.385. The molecule has 0 fully saturated rings. The van der Waals surface area contributed by atoms with E-state index in [4.69, 9.17) is 9.84 Å². The number of anilines is 1. The normalized spacial score (nSPS) is 18.5. The first-order valence-corrected chi connectivity index (χ1v) is 6.08. The van der Waals surface area contributed by atoms with Gasteiger partial charge in [-0.25, -0.2) is 0 Å². The number of hydrogen-bond donors (Lipinski definition) is 3. The molecular formula is C13H16N2O4. The Kier molecular flexibility index (Phi) is 3.89. The molecule has 0 aliphatic carbocycles. The van der Waals surface area contributed by atoms with Gasteiger partial charge in [0.25, 0.3) is 5.91 Å². The number of ether oxygens (including phenoxy) is 1. The summed E-state index contributed by atoms with van der Waals surface area (Å²) >= 11 is 0. The lowest BCUT2D eigenvalue weighted by Gasteiger charge is -2.27. The molecular weight excluding hydrogens is 248 g/mol. The molecule has 1 aliphatic heterocycles. The van der Waals surface area contributed by atoms with Gasteiger partial charge >= 0.3 is 5.97 Å². The highest BCUT2D eigenvalue weighted by Crippen LogP contribution is 2.28. The van der Waals surface area contributed by atoms with Crippen molar-refractivity contribution in [2.24, 2.45) is 0 Å². The van der Waals surface area contributed by atoms with Gasteiger partial charge < -0.3 is 20.5 Å². The minimum Gasteiger partial charge on any atom is -0.481 e. The molecule has 102 valence electrons. The zero-order valence-electron chi connectivity index (χ0n) is 10.6. The Bertz CT molecular complexity index is 489. The quantitative estimate of drug-likeness (QED) is 0.750. The van der Waals surface area contributed by atoms with Crippen molar-refractivity contribution < 1.29 is 19.4 Å². The van der Waals surface area contributed by atoms with Crippen molar-refractivity contribution in [1.82, 2.24) is 5.32 Å². The molecule has 1 aromatic carbocycles. The van der Waals surface area contributed by atoms with E-state index in [0.29, 0.717) is 12.3 Å². The highest BCUT2D eigenvalue weighted by molar-refractivity contribution is 5.83. The maximum absolute atomic E-state index is 11.9. The van der Waals surface area contributed by atoms with Crippen molar-refractivity contribution >= 4 is 17.6 Å². The Balaban J connectivity index is 1.93. The van der Waals surface area contributed by atoms with Crippen molar-refractivity contribution in [3.8, 4) is 5.75 Å². The van der Waals surface area contributed by atoms with Gasteiger partial charge in [-0.1, -0.05) is 12.1 Å². The summed E-state index contributed by atoms with van der Waals surface area (Å²) in [5, 5.41) is 14.4. The Morgan fingerprint density at radius 2 is 2.26 bits per heavy atom. The van der Waals surface area contributed by atoms with Crippen molar-refractivity contribution in [2.45, 2.75) is 25.5 Å². The highest BCUT2D eigenvalue weighted by Gasteiger charge is 2.26. The second kappa shape index (κ2) is 5.60. The van der Waals surface area contributed by atoms with E-state index >= 15 is 0 Å². The van der Waals surface area contributed by atoms with Crippen molar-refractivity contribution in [3.63, 3.8) is 0 Å². The minimum absolute atomic E-state index is 0.109. The van der Waals surface area contributed by atoms with Gasteiger partial charge in [0.05, 0.1) is 18.7 Å². The summed E-state index contributed by atoms with van der Waals surface area (Å²) in [6.45, 7) is 2.01. The maximum atomic E-state index is 11.9. The maximum Gasteiger partial charge on any atom is 0.305 e. The van der Waals surface area contributed by atoms with Crippen LogP contribution in [-0.2, 0) is 9.59 Å². The van der Waals surface area contributed by atoms with E-state index in [1.165, 1.54) is 0 Å². The Morgan fingerprint density at radius 3 is 3.00 bits per heavy atom. The third-order valence-electron chi connectivity index (χ3n) is 2.80. The number of hydrogen-bond acceptors (Lipinski definition) is 4. The average Bonchev–Trinajstić information content (AvgIpc) is 2.37. The lowest BCUT2D eigenvalue weighted by molar-refractivity contribution is -0.137. The van der Waals surface area contributed by atoms with Crippen LogP contribution in [0.15, 0.2) is 24.3 Å². The SMILES string of the molecule is CC(CC(=O)O)NC(=O)C1CNc2ccccc2O1. The molecule has 0 bridgehead atoms. The molecule has 2 rings (SSSR count). The monoisotopic (exact) mass is 264 g/mol. The van der Waals surface area contributed by atoms with Crippen LogP contribution in [0.2, 0.25) is 0 Å². The predicted octanol–water partition coefficient (Wildman–Crippen LogP) is 0.839. The molecule has 6 nitrogen and oxygen atoms in total. The zero-order chi connectivity index (χ0) is 13.8. The third kappa shape index (κ3) is 3.37. The summed E-state index contributed by atoms with van der Waals surface area (Å²) in [4.78, 5) is 22.5. The molecule has 0 saturated carbocycles. The fourth-order valence-corrected chi connectivity index (χ4v) is 1.91. The van der Waals surface area contributed by atoms with Gasteiger partial charge in [-0.2, -0.15) is 0 Å². The Hall–Kier alpha value is -2.24. The van der Waals surface area contributed by atoms with E-state index in [0.717, 1.165) is 5.69 Å². The standard InChI is InChI=1S/C13H16N2O4/c1-8(6-12(16)17)15-13(18)11-7-14-9-4-2-3-5-10(9)19-11/h2-5,8,11,14H,6-7H2,1H3,(H,15,18)(H,16,17). The molecule has 1 heterocycles. The lowest BCUT2D eigenvalue weighted by atomic mass is 10.2. The molecule has 3 N–H and O–H groups in total. The fourth-order valence-electron chi connectivity index (χ4n) is 1.91. The van der Waals surface area contributed by atoms with Gasteiger partial charge in [-0.3, -0.25) is 9.59 Å². The third-order valence-corrected chi connectivity index (χ3v) is 2.80. The first-order chi connectivity index (χ1) is 9.06. The van der Waals surface area contributed by atoms with Crippen molar-refractivity contribution in [3.05, 3.63) is 24.3 Å². The van der Waals surface area contributed by atoms with Crippen LogP contribution >= 0.6 is 0 Å². The molecule has 19 heavy (non-hydrogen) atoms. The topological polar surface area (TPSA) is 87.7 Å². The van der Waals surface area contributed by atoms with E-state index in [1.54, 1.807) is 13.0 Å². The molecule has 0 aromatic heterocycles. The molecule has 0 radical (unpaired) electrons. The van der Waals surface area contributed by atoms with Crippen LogP contribution in [0.4, 0.5) is 5.69 Å². The first-order valence-electron chi connectivity index (χ1n) is 6.08. The smallest absolute Gasteiger partial charge is 0.305 e. The van der Waals surface area contributed by atoms with E-state index in [-0.39, 0.29) is 12.3 Å². The summed E-state index contributed by atoms with van der Waals surface area (Å²) in [5.74, 6) is -0.628. The number of aliphatic carboxylic acids is 1. The minimum atomic E-state index is -0.944. The second-order valence-corrected chi connectivity index (χ2v) is 4.49. The number of carboxylic acid groups (broad SMARTS) is 1. The van der Waals surface area contributed by atoms with Crippen LogP contribution in [0.25, 0.3) is 0 Å². The summed E-state index contributed by atoms with van der Waals surface area (Å²) in [7, 11) is 0. The summed E-state index contributed by atoms with van der Waals surface area (Å²) in [5.41, 5.74) is 0.852. The highest BCUT2D eigenvalue weighted by atomic mass is 16.5. The predicted molar refractivity (Wildman–Crippen MR) is 69.2 cm³/mol. The first kappa shape index (κ1) is 13.2. The van der Waals surface area contributed by atoms with Crippen LogP contribution in [0.1, 0.15) is 13.3 Å². The van der Waals surface area contributed by atoms with Crippen LogP contribution in [0.5, 0.6) is 5.75 Å². The van der Waals surface area contributed by atoms with Crippen LogP contribution in [-0.4, -0.2) is 35.7 Å². The van der Waals surface area contributed by atoms with Gasteiger partial charge in [-0.05, 0) is 19.1 Å². The van der Waals surface area contributed by atoms with Gasteiger partial charge in [-0.15, -0.1) is 0 Å². The van der Waals surface area contributed by atoms with Crippen LogP contribution in [0.3, 0.4) is 0 Å². The molecule has 0 spiro atoms. The van der Waals surface area contributed by atoms with E-state index in [2.05, 4.69) is 10.6 Å². The van der Waals surface area contributed by atoms with Gasteiger partial charge in [0.1, 0.15) is 5.75 Å². The number of carbonyl (C=O) groups excluding carboxylic acids is 1. The van der Waals surface area contributed by atoms with Crippen LogP contribution in [0, 0.1) is 0 Å². The largest absolute Gasteiger partial charge is 0.481 e. The zero-order valence-corrected chi connectivity index (χ0v) is 10.6. The lowest BCUT2D eigenvalue weighted by Crippen LogP contribution is -2.47. The second-order valence-electron chi connectivity index (χ2n) is 4.49. The number of para-hydroxylation sites is 2. The van der Waals surface area contributed by atoms with E-state index in [1.807, 2.05) is 18.2 Å². The molecule has 0 saturated heterocycles. The Labute approximate surface area is 110 Å². The number of nitrogens with one attached hydrogen (secondary N) is 2. The molecule has 2 atom stereocenters. The van der Waals surface area contributed by atoms with E-state index < -0.39 is 18.1 Å². The van der Waals surface area contributed by atoms with E-state index in [9.17, 15) is 9.59 Å². The Morgan fingerprint density at radius 1 is 1.53 bits per heavy atom. The van der Waals surface area contributed by atoms with Crippen molar-refractivity contribution in [1.29, 1.82) is 0 Å². The molecule has 1 aliphatic rings. The van der Waals surface area contributed by atoms with Gasteiger partial charge in [0.2, 0.25) is 0 Å². The summed E-state index contributed by atoms with van der Waals surface area (Å²) in [6.07, 6.45) is -0.756. The molecule has 2 unspecified atom stereocenters. The molecule has 6 heteroatoms. The summed E-state index contributed by atoms with van der Waals surface area (Å²) in [6, 6.07) is 6.93. The number of rotatable bonds is 4.